The van der Waals surface area contributed by atoms with Crippen molar-refractivity contribution in [1.29, 1.82) is 0 Å². The lowest BCUT2D eigenvalue weighted by atomic mass is 10.0. The Balaban J connectivity index is 1.39. The number of hydrogen-bond donors (Lipinski definition) is 1. The summed E-state index contributed by atoms with van der Waals surface area (Å²) in [4.78, 5) is 31.3. The van der Waals surface area contributed by atoms with E-state index in [4.69, 9.17) is 0 Å². The zero-order chi connectivity index (χ0) is 23.5. The minimum absolute atomic E-state index is 0.0694. The monoisotopic (exact) mass is 465 g/mol. The van der Waals surface area contributed by atoms with Crippen LogP contribution in [0.5, 0.6) is 0 Å². The molecule has 0 unspecified atom stereocenters. The average molecular weight is 466 g/mol. The summed E-state index contributed by atoms with van der Waals surface area (Å²) in [5.41, 5.74) is 4.20. The summed E-state index contributed by atoms with van der Waals surface area (Å²) in [6, 6.07) is 14.0. The van der Waals surface area contributed by atoms with Gasteiger partial charge in [-0.05, 0) is 50.6 Å². The summed E-state index contributed by atoms with van der Waals surface area (Å²) in [7, 11) is 0. The van der Waals surface area contributed by atoms with E-state index in [1.807, 2.05) is 45.0 Å². The number of nitrogens with one attached hydrogen (secondary N) is 1. The normalized spacial score (nSPS) is 14.4. The molecule has 2 heterocycles. The van der Waals surface area contributed by atoms with Gasteiger partial charge in [0.2, 0.25) is 5.91 Å². The van der Waals surface area contributed by atoms with E-state index in [-0.39, 0.29) is 24.1 Å². The fourth-order valence-electron chi connectivity index (χ4n) is 4.02. The average Bonchev–Trinajstić information content (AvgIpc) is 3.07. The minimum atomic E-state index is -0.242. The van der Waals surface area contributed by atoms with Gasteiger partial charge in [-0.15, -0.1) is 11.3 Å². The maximum atomic E-state index is 13.2. The molecule has 5 nitrogen and oxygen atoms in total. The number of nitrogens with zero attached hydrogens (tertiary/aromatic N) is 2. The highest BCUT2D eigenvalue weighted by atomic mass is 32.1. The third-order valence-electron chi connectivity index (χ3n) is 6.11. The molecule has 7 heteroatoms. The van der Waals surface area contributed by atoms with Gasteiger partial charge in [-0.1, -0.05) is 29.8 Å². The Morgan fingerprint density at radius 2 is 1.58 bits per heavy atom. The molecular formula is C26H28FN3O2S. The number of thiophene rings is 1. The molecule has 1 aliphatic rings. The van der Waals surface area contributed by atoms with Gasteiger partial charge in [-0.2, -0.15) is 0 Å². The zero-order valence-electron chi connectivity index (χ0n) is 19.2. The fraction of sp³-hybridized carbons (Fsp3) is 0.308. The first-order chi connectivity index (χ1) is 15.8. The van der Waals surface area contributed by atoms with Crippen molar-refractivity contribution in [2.24, 2.45) is 0 Å². The second-order valence-electron chi connectivity index (χ2n) is 8.47. The Morgan fingerprint density at radius 1 is 0.939 bits per heavy atom. The second kappa shape index (κ2) is 9.85. The number of halogens is 1. The van der Waals surface area contributed by atoms with Crippen molar-refractivity contribution in [3.8, 4) is 0 Å². The van der Waals surface area contributed by atoms with Crippen molar-refractivity contribution in [3.05, 3.63) is 81.5 Å². The number of carbonyl (C=O) groups is 2. The van der Waals surface area contributed by atoms with Crippen LogP contribution in [0.1, 0.15) is 31.9 Å². The fourth-order valence-corrected chi connectivity index (χ4v) is 5.10. The maximum Gasteiger partial charge on any atom is 0.239 e. The summed E-state index contributed by atoms with van der Waals surface area (Å²) in [6.45, 7) is 9.17. The summed E-state index contributed by atoms with van der Waals surface area (Å²) >= 11 is 1.45. The lowest BCUT2D eigenvalue weighted by Gasteiger charge is -2.35. The van der Waals surface area contributed by atoms with E-state index in [1.165, 1.54) is 23.5 Å². The van der Waals surface area contributed by atoms with Crippen LogP contribution in [-0.4, -0.2) is 49.3 Å². The van der Waals surface area contributed by atoms with Gasteiger partial charge in [0.25, 0.3) is 0 Å². The Bertz CT molecular complexity index is 1150. The van der Waals surface area contributed by atoms with E-state index in [0.717, 1.165) is 47.9 Å². The summed E-state index contributed by atoms with van der Waals surface area (Å²) in [5.74, 6) is -0.433. The van der Waals surface area contributed by atoms with Crippen LogP contribution in [0.4, 0.5) is 15.1 Å². The number of rotatable bonds is 6. The van der Waals surface area contributed by atoms with Gasteiger partial charge in [0.15, 0.2) is 5.78 Å². The molecule has 0 radical (unpaired) electrons. The molecular weight excluding hydrogens is 437 g/mol. The second-order valence-corrected chi connectivity index (χ2v) is 9.70. The predicted octanol–water partition coefficient (Wildman–Crippen LogP) is 4.80. The largest absolute Gasteiger partial charge is 0.369 e. The summed E-state index contributed by atoms with van der Waals surface area (Å²) in [6.07, 6.45) is 0. The van der Waals surface area contributed by atoms with E-state index in [9.17, 15) is 14.0 Å². The zero-order valence-corrected chi connectivity index (χ0v) is 20.0. The van der Waals surface area contributed by atoms with Gasteiger partial charge >= 0.3 is 0 Å². The smallest absolute Gasteiger partial charge is 0.239 e. The molecule has 4 rings (SSSR count). The van der Waals surface area contributed by atoms with Crippen molar-refractivity contribution in [2.45, 2.75) is 20.8 Å². The summed E-state index contributed by atoms with van der Waals surface area (Å²) < 4.78 is 13.2. The molecule has 33 heavy (non-hydrogen) atoms. The minimum Gasteiger partial charge on any atom is -0.369 e. The van der Waals surface area contributed by atoms with Crippen LogP contribution in [0, 0.1) is 26.6 Å². The molecule has 0 atom stereocenters. The highest BCUT2D eigenvalue weighted by molar-refractivity contribution is 7.16. The van der Waals surface area contributed by atoms with Crippen LogP contribution in [-0.2, 0) is 4.79 Å². The van der Waals surface area contributed by atoms with Crippen molar-refractivity contribution < 1.29 is 14.0 Å². The molecule has 3 aromatic rings. The van der Waals surface area contributed by atoms with Crippen molar-refractivity contribution in [2.75, 3.05) is 42.9 Å². The number of anilines is 2. The summed E-state index contributed by atoms with van der Waals surface area (Å²) in [5, 5.41) is 3.61. The first-order valence-corrected chi connectivity index (χ1v) is 11.9. The van der Waals surface area contributed by atoms with E-state index in [0.29, 0.717) is 16.1 Å². The number of amides is 1. The van der Waals surface area contributed by atoms with Crippen LogP contribution in [0.3, 0.4) is 0 Å². The van der Waals surface area contributed by atoms with Crippen LogP contribution in [0.2, 0.25) is 0 Å². The molecule has 1 aromatic heterocycles. The molecule has 0 saturated carbocycles. The number of aryl methyl sites for hydroxylation is 2. The maximum absolute atomic E-state index is 13.2. The van der Waals surface area contributed by atoms with Crippen LogP contribution in [0.25, 0.3) is 0 Å². The molecule has 1 fully saturated rings. The SMILES string of the molecule is Cc1ccc(C(=O)c2c(NC(=O)CN3CCN(c4ccc(F)cc4)CC3)sc(C)c2C)cc1. The lowest BCUT2D eigenvalue weighted by molar-refractivity contribution is -0.117. The first kappa shape index (κ1) is 23.1. The number of hydrogen-bond acceptors (Lipinski definition) is 5. The van der Waals surface area contributed by atoms with E-state index >= 15 is 0 Å². The number of carbonyl (C=O) groups excluding carboxylic acids is 2. The number of benzene rings is 2. The van der Waals surface area contributed by atoms with Gasteiger partial charge in [-0.25, -0.2) is 4.39 Å². The van der Waals surface area contributed by atoms with Gasteiger partial charge in [0, 0.05) is 42.3 Å². The van der Waals surface area contributed by atoms with E-state index in [1.54, 1.807) is 12.1 Å². The van der Waals surface area contributed by atoms with Gasteiger partial charge < -0.3 is 10.2 Å². The van der Waals surface area contributed by atoms with Gasteiger partial charge in [0.05, 0.1) is 12.1 Å². The van der Waals surface area contributed by atoms with Crippen LogP contribution < -0.4 is 10.2 Å². The van der Waals surface area contributed by atoms with E-state index < -0.39 is 0 Å². The molecule has 1 aliphatic heterocycles. The standard InChI is InChI=1S/C26H28FN3O2S/c1-17-4-6-20(7-5-17)25(32)24-18(2)19(3)33-26(24)28-23(31)16-29-12-14-30(15-13-29)22-10-8-21(27)9-11-22/h4-11H,12-16H2,1-3H3,(H,28,31). The molecule has 0 aliphatic carbocycles. The Hall–Kier alpha value is -3.03. The number of piperazine rings is 1. The molecule has 172 valence electrons. The molecule has 2 aromatic carbocycles. The predicted molar refractivity (Wildman–Crippen MR) is 132 cm³/mol. The third kappa shape index (κ3) is 5.31. The topological polar surface area (TPSA) is 52.7 Å². The molecule has 0 spiro atoms. The first-order valence-electron chi connectivity index (χ1n) is 11.1. The Labute approximate surface area is 197 Å². The Kier molecular flexibility index (Phi) is 6.91. The van der Waals surface area contributed by atoms with Crippen LogP contribution >= 0.6 is 11.3 Å². The molecule has 1 amide bonds. The Morgan fingerprint density at radius 3 is 2.21 bits per heavy atom. The van der Waals surface area contributed by atoms with Crippen molar-refractivity contribution >= 4 is 33.7 Å². The van der Waals surface area contributed by atoms with Crippen molar-refractivity contribution in [1.82, 2.24) is 4.90 Å². The third-order valence-corrected chi connectivity index (χ3v) is 7.23. The lowest BCUT2D eigenvalue weighted by Crippen LogP contribution is -2.48. The molecule has 1 saturated heterocycles. The molecule has 1 N–H and O–H groups in total. The quantitative estimate of drug-likeness (QED) is 0.531. The number of ketones is 1. The molecule has 0 bridgehead atoms. The highest BCUT2D eigenvalue weighted by Gasteiger charge is 2.24. The van der Waals surface area contributed by atoms with Gasteiger partial charge in [-0.3, -0.25) is 14.5 Å². The van der Waals surface area contributed by atoms with Crippen molar-refractivity contribution in [3.63, 3.8) is 0 Å². The van der Waals surface area contributed by atoms with E-state index in [2.05, 4.69) is 15.1 Å². The van der Waals surface area contributed by atoms with Crippen LogP contribution in [0.15, 0.2) is 48.5 Å². The van der Waals surface area contributed by atoms with Gasteiger partial charge in [0.1, 0.15) is 10.8 Å². The highest BCUT2D eigenvalue weighted by Crippen LogP contribution is 2.34.